The summed E-state index contributed by atoms with van der Waals surface area (Å²) in [7, 11) is 0. The molecule has 1 saturated heterocycles. The van der Waals surface area contributed by atoms with Gasteiger partial charge >= 0.3 is 0 Å². The summed E-state index contributed by atoms with van der Waals surface area (Å²) in [5.74, 6) is 0.122. The van der Waals surface area contributed by atoms with E-state index in [4.69, 9.17) is 0 Å². The zero-order valence-corrected chi connectivity index (χ0v) is 5.52. The highest BCUT2D eigenvalue weighted by Crippen LogP contribution is 2.25. The van der Waals surface area contributed by atoms with E-state index in [1.165, 1.54) is 0 Å². The number of hydrogen-bond donors (Lipinski definition) is 1. The lowest BCUT2D eigenvalue weighted by atomic mass is 10.6. The Hall–Kier alpha value is -0.640. The molecule has 4 heteroatoms. The van der Waals surface area contributed by atoms with Crippen molar-refractivity contribution in [1.29, 1.82) is 0 Å². The van der Waals surface area contributed by atoms with Crippen molar-refractivity contribution in [3.63, 3.8) is 0 Å². The second-order valence-electron chi connectivity index (χ2n) is 2.01. The number of thioether (sulfide) groups is 1. The van der Waals surface area contributed by atoms with Crippen molar-refractivity contribution in [2.24, 2.45) is 0 Å². The summed E-state index contributed by atoms with van der Waals surface area (Å²) in [6.45, 7) is 0.522. The Labute approximate surface area is 57.1 Å². The van der Waals surface area contributed by atoms with E-state index < -0.39 is 0 Å². The minimum atomic E-state index is 0.122. The lowest BCUT2D eigenvalue weighted by molar-refractivity contribution is -0.118. The van der Waals surface area contributed by atoms with Crippen molar-refractivity contribution >= 4 is 17.7 Å². The van der Waals surface area contributed by atoms with Gasteiger partial charge in [0, 0.05) is 6.20 Å². The van der Waals surface area contributed by atoms with Crippen LogP contribution in [0.3, 0.4) is 0 Å². The Balaban J connectivity index is 2.17. The first-order chi connectivity index (χ1) is 4.36. The first kappa shape index (κ1) is 5.17. The highest BCUT2D eigenvalue weighted by atomic mass is 32.2. The van der Waals surface area contributed by atoms with Crippen LogP contribution in [0.15, 0.2) is 11.6 Å². The fourth-order valence-corrected chi connectivity index (χ4v) is 1.82. The van der Waals surface area contributed by atoms with Crippen molar-refractivity contribution in [2.75, 3.05) is 6.54 Å². The van der Waals surface area contributed by atoms with Crippen molar-refractivity contribution in [2.45, 2.75) is 5.50 Å². The van der Waals surface area contributed by atoms with E-state index in [1.54, 1.807) is 11.8 Å². The predicted molar refractivity (Wildman–Crippen MR) is 35.4 cm³/mol. The molecule has 48 valence electrons. The van der Waals surface area contributed by atoms with Gasteiger partial charge in [0.25, 0.3) is 0 Å². The van der Waals surface area contributed by atoms with Crippen LogP contribution in [0.2, 0.25) is 0 Å². The van der Waals surface area contributed by atoms with Crippen molar-refractivity contribution in [3.05, 3.63) is 11.6 Å². The van der Waals surface area contributed by atoms with E-state index in [0.29, 0.717) is 6.54 Å². The summed E-state index contributed by atoms with van der Waals surface area (Å²) in [6.07, 6.45) is 1.94. The van der Waals surface area contributed by atoms with E-state index >= 15 is 0 Å². The maximum atomic E-state index is 10.7. The zero-order chi connectivity index (χ0) is 6.27. The Morgan fingerprint density at radius 3 is 3.56 bits per heavy atom. The fourth-order valence-electron chi connectivity index (χ4n) is 0.946. The third-order valence-electron chi connectivity index (χ3n) is 1.37. The first-order valence-corrected chi connectivity index (χ1v) is 3.68. The Kier molecular flexibility index (Phi) is 0.958. The van der Waals surface area contributed by atoms with E-state index in [-0.39, 0.29) is 11.4 Å². The van der Waals surface area contributed by atoms with E-state index in [9.17, 15) is 4.79 Å². The van der Waals surface area contributed by atoms with Crippen LogP contribution < -0.4 is 5.32 Å². The normalized spacial score (nSPS) is 30.9. The molecule has 0 aromatic heterocycles. The molecule has 2 aliphatic heterocycles. The quantitative estimate of drug-likeness (QED) is 0.513. The van der Waals surface area contributed by atoms with Crippen molar-refractivity contribution in [3.8, 4) is 0 Å². The molecule has 9 heavy (non-hydrogen) atoms. The molecule has 0 saturated carbocycles. The van der Waals surface area contributed by atoms with Gasteiger partial charge in [0.05, 0.1) is 6.54 Å². The number of nitrogens with zero attached hydrogens (tertiary/aromatic N) is 1. The van der Waals surface area contributed by atoms with Gasteiger partial charge in [0.2, 0.25) is 5.91 Å². The zero-order valence-electron chi connectivity index (χ0n) is 4.70. The summed E-state index contributed by atoms with van der Waals surface area (Å²) in [4.78, 5) is 12.6. The second-order valence-corrected chi connectivity index (χ2v) is 3.00. The Morgan fingerprint density at radius 1 is 1.89 bits per heavy atom. The molecule has 1 fully saturated rings. The topological polar surface area (TPSA) is 32.3 Å². The molecular weight excluding hydrogens is 136 g/mol. The van der Waals surface area contributed by atoms with Crippen LogP contribution >= 0.6 is 11.8 Å². The van der Waals surface area contributed by atoms with Gasteiger partial charge in [-0.3, -0.25) is 4.79 Å². The number of carbonyl (C=O) groups is 1. The fraction of sp³-hybridized carbons (Fsp3) is 0.400. The van der Waals surface area contributed by atoms with Crippen LogP contribution in [0.1, 0.15) is 0 Å². The Bertz CT molecular complexity index is 180. The number of amides is 1. The highest BCUT2D eigenvalue weighted by molar-refractivity contribution is 8.02. The smallest absolute Gasteiger partial charge is 0.241 e. The van der Waals surface area contributed by atoms with E-state index in [1.807, 2.05) is 16.5 Å². The minimum Gasteiger partial charge on any atom is -0.339 e. The second kappa shape index (κ2) is 1.67. The summed E-state index contributed by atoms with van der Waals surface area (Å²) in [5, 5.41) is 4.79. The summed E-state index contributed by atoms with van der Waals surface area (Å²) < 4.78 is 0. The highest BCUT2D eigenvalue weighted by Gasteiger charge is 2.29. The molecule has 0 radical (unpaired) electrons. The van der Waals surface area contributed by atoms with Crippen LogP contribution in [0.25, 0.3) is 0 Å². The number of fused-ring (bicyclic) bond motifs is 1. The third kappa shape index (κ3) is 0.702. The molecule has 1 atom stereocenters. The van der Waals surface area contributed by atoms with E-state index in [0.717, 1.165) is 0 Å². The van der Waals surface area contributed by atoms with Crippen LogP contribution in [-0.2, 0) is 4.79 Å². The van der Waals surface area contributed by atoms with Gasteiger partial charge < -0.3 is 10.2 Å². The average Bonchev–Trinajstić information content (AvgIpc) is 2.22. The van der Waals surface area contributed by atoms with Gasteiger partial charge in [-0.05, 0) is 5.41 Å². The number of hydrogen-bond acceptors (Lipinski definition) is 3. The van der Waals surface area contributed by atoms with Crippen molar-refractivity contribution in [1.82, 2.24) is 10.2 Å². The van der Waals surface area contributed by atoms with Gasteiger partial charge in [0.15, 0.2) is 5.50 Å². The molecule has 0 spiro atoms. The monoisotopic (exact) mass is 142 g/mol. The molecule has 0 aliphatic carbocycles. The maximum absolute atomic E-state index is 10.7. The molecular formula is C5H6N2OS. The first-order valence-electron chi connectivity index (χ1n) is 2.73. The van der Waals surface area contributed by atoms with Gasteiger partial charge in [0.1, 0.15) is 0 Å². The lowest BCUT2D eigenvalue weighted by Crippen LogP contribution is -2.25. The molecule has 3 nitrogen and oxygen atoms in total. The molecule has 1 unspecified atom stereocenters. The minimum absolute atomic E-state index is 0.122. The van der Waals surface area contributed by atoms with Crippen LogP contribution in [0, 0.1) is 0 Å². The summed E-state index contributed by atoms with van der Waals surface area (Å²) >= 11 is 1.63. The molecule has 0 aromatic rings. The van der Waals surface area contributed by atoms with Crippen molar-refractivity contribution < 1.29 is 4.79 Å². The third-order valence-corrected chi connectivity index (χ3v) is 2.30. The van der Waals surface area contributed by atoms with Gasteiger partial charge in [-0.2, -0.15) is 0 Å². The average molecular weight is 142 g/mol. The number of carbonyl (C=O) groups excluding carboxylic acids is 1. The molecule has 1 amide bonds. The number of rotatable bonds is 0. The molecule has 1 N–H and O–H groups in total. The Morgan fingerprint density at radius 2 is 2.78 bits per heavy atom. The molecule has 2 heterocycles. The molecule has 0 bridgehead atoms. The van der Waals surface area contributed by atoms with Crippen LogP contribution in [0.4, 0.5) is 0 Å². The maximum Gasteiger partial charge on any atom is 0.241 e. The predicted octanol–water partition coefficient (Wildman–Crippen LogP) is -0.0802. The van der Waals surface area contributed by atoms with Crippen LogP contribution in [0.5, 0.6) is 0 Å². The standard InChI is InChI=1S/C5H6N2OS/c8-4-3-7-1-2-9-5(7)6-4/h1-2,5H,3H2,(H,6,8). The van der Waals surface area contributed by atoms with E-state index in [2.05, 4.69) is 5.32 Å². The molecule has 2 rings (SSSR count). The van der Waals surface area contributed by atoms with Gasteiger partial charge in [-0.25, -0.2) is 0 Å². The molecule has 0 aromatic carbocycles. The SMILES string of the molecule is O=C1CN2C=CSC2N1. The molecule has 2 aliphatic rings. The summed E-state index contributed by atoms with van der Waals surface area (Å²) in [5.41, 5.74) is 0.192. The lowest BCUT2D eigenvalue weighted by Gasteiger charge is -2.10. The van der Waals surface area contributed by atoms with Gasteiger partial charge in [-0.1, -0.05) is 11.8 Å². The largest absolute Gasteiger partial charge is 0.339 e. The van der Waals surface area contributed by atoms with Crippen LogP contribution in [-0.4, -0.2) is 22.8 Å². The number of nitrogens with one attached hydrogen (secondary N) is 1. The van der Waals surface area contributed by atoms with Gasteiger partial charge in [-0.15, -0.1) is 0 Å². The summed E-state index contributed by atoms with van der Waals surface area (Å²) in [6, 6.07) is 0.